The molecule has 0 spiro atoms. The minimum absolute atomic E-state index is 0.218. The summed E-state index contributed by atoms with van der Waals surface area (Å²) in [6.07, 6.45) is 6.04. The van der Waals surface area contributed by atoms with Crippen LogP contribution in [-0.2, 0) is 10.2 Å². The van der Waals surface area contributed by atoms with Crippen molar-refractivity contribution in [2.75, 3.05) is 67.1 Å². The number of benzene rings is 1. The van der Waals surface area contributed by atoms with Crippen LogP contribution in [-0.4, -0.2) is 76.9 Å². The van der Waals surface area contributed by atoms with Crippen LogP contribution in [0.2, 0.25) is 0 Å². The minimum atomic E-state index is 0.218. The average molecular weight is 378 g/mol. The molecule has 27 heavy (non-hydrogen) atoms. The molecule has 2 saturated heterocycles. The Labute approximate surface area is 165 Å². The molecular formula is C22H39N3O2. The van der Waals surface area contributed by atoms with Crippen LogP contribution in [0, 0.1) is 0 Å². The molecular weight excluding hydrogens is 338 g/mol. The number of hydrogen-bond acceptors (Lipinski definition) is 5. The van der Waals surface area contributed by atoms with Gasteiger partial charge in [-0.1, -0.05) is 12.1 Å². The lowest BCUT2D eigenvalue weighted by atomic mass is 9.74. The first kappa shape index (κ1) is 22.2. The second-order valence-corrected chi connectivity index (χ2v) is 7.91. The van der Waals surface area contributed by atoms with Crippen molar-refractivity contribution >= 4 is 0 Å². The van der Waals surface area contributed by atoms with Crippen LogP contribution >= 0.6 is 0 Å². The van der Waals surface area contributed by atoms with Gasteiger partial charge in [-0.05, 0) is 84.0 Å². The number of hydrogen-bond donors (Lipinski definition) is 1. The Hall–Kier alpha value is -1.14. The fourth-order valence-corrected chi connectivity index (χ4v) is 4.29. The van der Waals surface area contributed by atoms with Gasteiger partial charge in [0.15, 0.2) is 0 Å². The molecule has 5 heteroatoms. The zero-order valence-electron chi connectivity index (χ0n) is 17.6. The zero-order valence-corrected chi connectivity index (χ0v) is 17.6. The van der Waals surface area contributed by atoms with E-state index in [-0.39, 0.29) is 5.41 Å². The van der Waals surface area contributed by atoms with Crippen molar-refractivity contribution in [2.45, 2.75) is 37.5 Å². The average Bonchev–Trinajstić information content (AvgIpc) is 3.21. The summed E-state index contributed by atoms with van der Waals surface area (Å²) in [5.41, 5.74) is 6.14. The molecule has 2 N–H and O–H groups in total. The Morgan fingerprint density at radius 3 is 2.30 bits per heavy atom. The van der Waals surface area contributed by atoms with Gasteiger partial charge >= 0.3 is 0 Å². The molecule has 154 valence electrons. The van der Waals surface area contributed by atoms with Crippen LogP contribution < -0.4 is 10.5 Å². The van der Waals surface area contributed by atoms with E-state index in [9.17, 15) is 0 Å². The van der Waals surface area contributed by atoms with Crippen LogP contribution in [0.25, 0.3) is 0 Å². The summed E-state index contributed by atoms with van der Waals surface area (Å²) < 4.78 is 11.6. The number of nitrogens with zero attached hydrogens (tertiary/aromatic N) is 2. The molecule has 0 atom stereocenters. The lowest BCUT2D eigenvalue weighted by molar-refractivity contribution is 0.0401. The van der Waals surface area contributed by atoms with Crippen molar-refractivity contribution in [3.8, 4) is 5.75 Å². The molecule has 0 amide bonds. The fourth-order valence-electron chi connectivity index (χ4n) is 4.29. The van der Waals surface area contributed by atoms with E-state index < -0.39 is 0 Å². The number of likely N-dealkylation sites (tertiary alicyclic amines) is 1. The van der Waals surface area contributed by atoms with Crippen LogP contribution in [0.4, 0.5) is 0 Å². The van der Waals surface area contributed by atoms with E-state index in [0.29, 0.717) is 0 Å². The van der Waals surface area contributed by atoms with Gasteiger partial charge < -0.3 is 25.0 Å². The van der Waals surface area contributed by atoms with Crippen molar-refractivity contribution in [1.29, 1.82) is 0 Å². The van der Waals surface area contributed by atoms with E-state index in [1.54, 1.807) is 0 Å². The van der Waals surface area contributed by atoms with Gasteiger partial charge in [0, 0.05) is 31.7 Å². The Balaban J connectivity index is 0.00000126. The van der Waals surface area contributed by atoms with E-state index in [1.165, 1.54) is 45.1 Å². The summed E-state index contributed by atoms with van der Waals surface area (Å²) in [4.78, 5) is 4.84. The smallest absolute Gasteiger partial charge is 0.119 e. The van der Waals surface area contributed by atoms with Gasteiger partial charge in [0.05, 0.1) is 6.61 Å². The summed E-state index contributed by atoms with van der Waals surface area (Å²) in [5.74, 6) is 0.997. The van der Waals surface area contributed by atoms with E-state index in [0.717, 1.165) is 51.4 Å². The molecule has 1 aromatic carbocycles. The monoisotopic (exact) mass is 377 g/mol. The maximum Gasteiger partial charge on any atom is 0.119 e. The maximum atomic E-state index is 5.96. The van der Waals surface area contributed by atoms with Crippen molar-refractivity contribution < 1.29 is 9.47 Å². The largest absolute Gasteiger partial charge is 0.494 e. The normalized spacial score (nSPS) is 19.6. The first-order valence-electron chi connectivity index (χ1n) is 10.4. The minimum Gasteiger partial charge on any atom is -0.494 e. The number of rotatable bonds is 8. The summed E-state index contributed by atoms with van der Waals surface area (Å²) in [7, 11) is 5.82. The molecule has 2 heterocycles. The highest BCUT2D eigenvalue weighted by Gasteiger charge is 2.34. The van der Waals surface area contributed by atoms with Crippen LogP contribution in [0.1, 0.15) is 37.7 Å². The number of nitrogens with two attached hydrogens (primary N) is 1. The van der Waals surface area contributed by atoms with Gasteiger partial charge in [-0.25, -0.2) is 0 Å². The summed E-state index contributed by atoms with van der Waals surface area (Å²) in [6.45, 7) is 7.33. The fraction of sp³-hybridized carbons (Fsp3) is 0.727. The van der Waals surface area contributed by atoms with Crippen molar-refractivity contribution in [3.63, 3.8) is 0 Å². The van der Waals surface area contributed by atoms with Gasteiger partial charge in [0.2, 0.25) is 0 Å². The Morgan fingerprint density at radius 1 is 1.07 bits per heavy atom. The molecule has 2 aliphatic rings. The van der Waals surface area contributed by atoms with Gasteiger partial charge in [-0.15, -0.1) is 0 Å². The number of likely N-dealkylation sites (N-methyl/N-ethyl adjacent to an activating group) is 1. The second-order valence-electron chi connectivity index (χ2n) is 7.91. The molecule has 0 saturated carbocycles. The van der Waals surface area contributed by atoms with E-state index in [4.69, 9.17) is 9.47 Å². The second kappa shape index (κ2) is 11.6. The van der Waals surface area contributed by atoms with E-state index >= 15 is 0 Å². The highest BCUT2D eigenvalue weighted by molar-refractivity contribution is 5.33. The highest BCUT2D eigenvalue weighted by atomic mass is 16.5. The predicted octanol–water partition coefficient (Wildman–Crippen LogP) is 2.74. The van der Waals surface area contributed by atoms with Crippen molar-refractivity contribution in [1.82, 2.24) is 9.80 Å². The molecule has 0 radical (unpaired) electrons. The van der Waals surface area contributed by atoms with Gasteiger partial charge in [-0.3, -0.25) is 0 Å². The standard InChI is InChI=1S/C21H34N2O2.CH5N/c1-22(2)18-21(10-16-24-17-11-21)19-6-8-20(9-7-19)25-15-5-14-23-12-3-4-13-23;1-2/h6-9H,3-5,10-18H2,1-2H3;2H2,1H3. The van der Waals surface area contributed by atoms with E-state index in [1.807, 2.05) is 0 Å². The summed E-state index contributed by atoms with van der Waals surface area (Å²) >= 11 is 0. The first-order chi connectivity index (χ1) is 13.2. The summed E-state index contributed by atoms with van der Waals surface area (Å²) in [6, 6.07) is 8.84. The van der Waals surface area contributed by atoms with Crippen molar-refractivity contribution in [2.24, 2.45) is 5.73 Å². The quantitative estimate of drug-likeness (QED) is 0.706. The zero-order chi connectivity index (χ0) is 19.5. The summed E-state index contributed by atoms with van der Waals surface area (Å²) in [5, 5.41) is 0. The molecule has 0 bridgehead atoms. The maximum absolute atomic E-state index is 5.96. The third-order valence-corrected chi connectivity index (χ3v) is 5.62. The van der Waals surface area contributed by atoms with Crippen molar-refractivity contribution in [3.05, 3.63) is 29.8 Å². The van der Waals surface area contributed by atoms with Crippen LogP contribution in [0.5, 0.6) is 5.75 Å². The highest BCUT2D eigenvalue weighted by Crippen LogP contribution is 2.36. The molecule has 5 nitrogen and oxygen atoms in total. The molecule has 1 aromatic rings. The third kappa shape index (κ3) is 6.75. The number of ether oxygens (including phenoxy) is 2. The topological polar surface area (TPSA) is 51.0 Å². The molecule has 3 rings (SSSR count). The predicted molar refractivity (Wildman–Crippen MR) is 113 cm³/mol. The van der Waals surface area contributed by atoms with Crippen LogP contribution in [0.3, 0.4) is 0 Å². The van der Waals surface area contributed by atoms with Gasteiger partial charge in [0.1, 0.15) is 5.75 Å². The molecule has 0 unspecified atom stereocenters. The SMILES string of the molecule is CN.CN(C)CC1(c2ccc(OCCCN3CCCC3)cc2)CCOCC1. The van der Waals surface area contributed by atoms with Gasteiger partial charge in [0.25, 0.3) is 0 Å². The lowest BCUT2D eigenvalue weighted by Gasteiger charge is -2.39. The molecule has 2 aliphatic heterocycles. The van der Waals surface area contributed by atoms with E-state index in [2.05, 4.69) is 53.9 Å². The van der Waals surface area contributed by atoms with Gasteiger partial charge in [-0.2, -0.15) is 0 Å². The van der Waals surface area contributed by atoms with Crippen LogP contribution in [0.15, 0.2) is 24.3 Å². The Bertz CT molecular complexity index is 507. The molecule has 0 aromatic heterocycles. The third-order valence-electron chi connectivity index (χ3n) is 5.62. The Morgan fingerprint density at radius 2 is 1.70 bits per heavy atom. The first-order valence-corrected chi connectivity index (χ1v) is 10.4. The molecule has 0 aliphatic carbocycles. The molecule has 2 fully saturated rings. The Kier molecular flexibility index (Phi) is 9.56. The lowest BCUT2D eigenvalue weighted by Crippen LogP contribution is -2.42.